The Labute approximate surface area is 353 Å². The Kier molecular flexibility index (Phi) is 9.22. The van der Waals surface area contributed by atoms with Crippen LogP contribution in [0.1, 0.15) is 41.7 Å². The molecule has 3 nitrogen and oxygen atoms in total. The summed E-state index contributed by atoms with van der Waals surface area (Å²) in [6.45, 7) is 11.4. The van der Waals surface area contributed by atoms with Crippen LogP contribution in [0.2, 0.25) is 0 Å². The van der Waals surface area contributed by atoms with Gasteiger partial charge >= 0.3 is 0 Å². The van der Waals surface area contributed by atoms with E-state index in [4.69, 9.17) is 0 Å². The standard InChI is InChI=1S/C54H46BN3S/c1-35-30-42(41-33-44-52(34-47(41)56-46-25-15-12-18-36(46)2)59-51-27-17-14-24-43(51)54(44,4)5)53-50(31-35)58(48-26-16-13-19-37(48)3)49-29-28-40(32-45(49)55-53)57(38-20-8-6-9-21-38)39-22-10-7-11-23-39/h6-34,55-56H,1-5H3. The zero-order valence-corrected chi connectivity index (χ0v) is 35.1. The number of hydrogen-bond acceptors (Lipinski definition) is 4. The van der Waals surface area contributed by atoms with Crippen LogP contribution >= 0.6 is 11.8 Å². The van der Waals surface area contributed by atoms with Crippen molar-refractivity contribution >= 4 is 75.5 Å². The van der Waals surface area contributed by atoms with E-state index in [1.807, 2.05) is 11.8 Å². The molecule has 5 heteroatoms. The zero-order chi connectivity index (χ0) is 40.3. The van der Waals surface area contributed by atoms with Gasteiger partial charge in [0.05, 0.1) is 0 Å². The van der Waals surface area contributed by atoms with Crippen LogP contribution in [0.15, 0.2) is 186 Å². The first-order valence-electron chi connectivity index (χ1n) is 20.6. The highest BCUT2D eigenvalue weighted by Gasteiger charge is 2.35. The van der Waals surface area contributed by atoms with E-state index < -0.39 is 0 Å². The Morgan fingerprint density at radius 2 is 1.17 bits per heavy atom. The van der Waals surface area contributed by atoms with E-state index in [9.17, 15) is 0 Å². The normalized spacial score (nSPS) is 13.3. The Morgan fingerprint density at radius 1 is 0.508 bits per heavy atom. The first-order valence-corrected chi connectivity index (χ1v) is 21.4. The molecule has 0 aliphatic carbocycles. The van der Waals surface area contributed by atoms with Gasteiger partial charge in [0.15, 0.2) is 7.28 Å². The van der Waals surface area contributed by atoms with Crippen molar-refractivity contribution in [2.75, 3.05) is 15.1 Å². The molecule has 10 rings (SSSR count). The molecule has 1 N–H and O–H groups in total. The second kappa shape index (κ2) is 14.7. The maximum Gasteiger partial charge on any atom is 0.198 e. The van der Waals surface area contributed by atoms with Crippen LogP contribution < -0.4 is 26.0 Å². The van der Waals surface area contributed by atoms with Crippen molar-refractivity contribution < 1.29 is 0 Å². The number of fused-ring (bicyclic) bond motifs is 4. The second-order valence-corrected chi connectivity index (χ2v) is 17.6. The van der Waals surface area contributed by atoms with E-state index >= 15 is 0 Å². The van der Waals surface area contributed by atoms with Crippen molar-refractivity contribution in [2.24, 2.45) is 0 Å². The molecule has 0 atom stereocenters. The largest absolute Gasteiger partial charge is 0.355 e. The lowest BCUT2D eigenvalue weighted by atomic mass is 9.57. The van der Waals surface area contributed by atoms with Crippen LogP contribution in [0.25, 0.3) is 11.1 Å². The number of rotatable bonds is 7. The van der Waals surface area contributed by atoms with E-state index in [0.29, 0.717) is 0 Å². The molecule has 0 spiro atoms. The first kappa shape index (κ1) is 36.9. The van der Waals surface area contributed by atoms with Gasteiger partial charge in [0.2, 0.25) is 0 Å². The fraction of sp³-hybridized carbons (Fsp3) is 0.111. The SMILES string of the molecule is Cc1cc(-c2cc3c(cc2Nc2ccccc2C)Sc2ccccc2C3(C)C)c2c(c1)N(c1ccccc1C)c1ccc(N(c3ccccc3)c3ccccc3)cc1B2. The highest BCUT2D eigenvalue weighted by Crippen LogP contribution is 2.52. The minimum Gasteiger partial charge on any atom is -0.355 e. The van der Waals surface area contributed by atoms with Crippen LogP contribution in [0.5, 0.6) is 0 Å². The van der Waals surface area contributed by atoms with Gasteiger partial charge in [-0.05, 0) is 138 Å². The lowest BCUT2D eigenvalue weighted by Gasteiger charge is -2.38. The van der Waals surface area contributed by atoms with E-state index in [2.05, 4.69) is 226 Å². The van der Waals surface area contributed by atoms with Crippen molar-refractivity contribution in [3.8, 4) is 11.1 Å². The average molecular weight is 780 g/mol. The summed E-state index contributed by atoms with van der Waals surface area (Å²) < 4.78 is 0. The van der Waals surface area contributed by atoms with E-state index in [0.717, 1.165) is 35.7 Å². The first-order chi connectivity index (χ1) is 28.7. The van der Waals surface area contributed by atoms with Crippen LogP contribution in [0.4, 0.5) is 45.5 Å². The summed E-state index contributed by atoms with van der Waals surface area (Å²) in [6, 6.07) is 64.5. The molecule has 0 amide bonds. The van der Waals surface area contributed by atoms with Gasteiger partial charge in [0.25, 0.3) is 0 Å². The third kappa shape index (κ3) is 6.51. The number of hydrogen-bond donors (Lipinski definition) is 1. The van der Waals surface area contributed by atoms with Gasteiger partial charge in [-0.1, -0.05) is 128 Å². The molecule has 0 unspecified atom stereocenters. The van der Waals surface area contributed by atoms with Gasteiger partial charge in [-0.2, -0.15) is 0 Å². The van der Waals surface area contributed by atoms with Crippen LogP contribution in [-0.4, -0.2) is 7.28 Å². The molecule has 0 aromatic heterocycles. The summed E-state index contributed by atoms with van der Waals surface area (Å²) in [5.74, 6) is 0. The number of nitrogens with zero attached hydrogens (tertiary/aromatic N) is 2. The van der Waals surface area contributed by atoms with Gasteiger partial charge in [-0.15, -0.1) is 0 Å². The quantitative estimate of drug-likeness (QED) is 0.162. The summed E-state index contributed by atoms with van der Waals surface area (Å²) in [6.07, 6.45) is 0. The molecule has 0 bridgehead atoms. The summed E-state index contributed by atoms with van der Waals surface area (Å²) in [7, 11) is 0.787. The number of para-hydroxylation sites is 4. The molecule has 0 saturated carbocycles. The summed E-state index contributed by atoms with van der Waals surface area (Å²) in [5.41, 5.74) is 20.6. The molecular weight excluding hydrogens is 733 g/mol. The number of aryl methyl sites for hydroxylation is 3. The van der Waals surface area contributed by atoms with Crippen molar-refractivity contribution in [1.29, 1.82) is 0 Å². The minimum absolute atomic E-state index is 0.177. The van der Waals surface area contributed by atoms with Crippen molar-refractivity contribution in [3.63, 3.8) is 0 Å². The Morgan fingerprint density at radius 3 is 1.90 bits per heavy atom. The molecule has 59 heavy (non-hydrogen) atoms. The minimum atomic E-state index is -0.177. The van der Waals surface area contributed by atoms with Crippen molar-refractivity contribution in [1.82, 2.24) is 0 Å². The van der Waals surface area contributed by atoms with Gasteiger partial charge < -0.3 is 15.1 Å². The third-order valence-electron chi connectivity index (χ3n) is 12.2. The smallest absolute Gasteiger partial charge is 0.198 e. The fourth-order valence-electron chi connectivity index (χ4n) is 9.16. The van der Waals surface area contributed by atoms with Crippen molar-refractivity contribution in [2.45, 2.75) is 49.8 Å². The fourth-order valence-corrected chi connectivity index (χ4v) is 10.6. The molecule has 2 aliphatic rings. The molecule has 0 radical (unpaired) electrons. The van der Waals surface area contributed by atoms with Gasteiger partial charge in [0.1, 0.15) is 0 Å². The molecule has 0 saturated heterocycles. The van der Waals surface area contributed by atoms with Crippen LogP contribution in [0, 0.1) is 20.8 Å². The molecule has 0 fully saturated rings. The van der Waals surface area contributed by atoms with Gasteiger partial charge in [0, 0.05) is 66.3 Å². The van der Waals surface area contributed by atoms with Crippen LogP contribution in [-0.2, 0) is 5.41 Å². The lowest BCUT2D eigenvalue weighted by Crippen LogP contribution is -2.41. The maximum atomic E-state index is 3.96. The average Bonchev–Trinajstić information content (AvgIpc) is 3.25. The molecule has 2 aliphatic heterocycles. The summed E-state index contributed by atoms with van der Waals surface area (Å²) in [5, 5.41) is 3.96. The van der Waals surface area contributed by atoms with Crippen molar-refractivity contribution in [3.05, 3.63) is 204 Å². The number of anilines is 8. The van der Waals surface area contributed by atoms with Crippen LogP contribution in [0.3, 0.4) is 0 Å². The summed E-state index contributed by atoms with van der Waals surface area (Å²) in [4.78, 5) is 7.51. The molecule has 8 aromatic carbocycles. The van der Waals surface area contributed by atoms with E-state index in [1.165, 1.54) is 76.7 Å². The van der Waals surface area contributed by atoms with E-state index in [1.54, 1.807) is 0 Å². The lowest BCUT2D eigenvalue weighted by molar-refractivity contribution is 0.608. The maximum absolute atomic E-state index is 3.96. The number of nitrogens with one attached hydrogen (secondary N) is 1. The molecule has 8 aromatic rings. The van der Waals surface area contributed by atoms with Gasteiger partial charge in [-0.3, -0.25) is 0 Å². The predicted molar refractivity (Wildman–Crippen MR) is 254 cm³/mol. The zero-order valence-electron chi connectivity index (χ0n) is 34.3. The topological polar surface area (TPSA) is 18.5 Å². The highest BCUT2D eigenvalue weighted by molar-refractivity contribution is 7.99. The molecular formula is C54H46BN3S. The number of benzene rings is 8. The second-order valence-electron chi connectivity index (χ2n) is 16.5. The molecule has 286 valence electrons. The third-order valence-corrected chi connectivity index (χ3v) is 13.3. The summed E-state index contributed by atoms with van der Waals surface area (Å²) >= 11 is 1.89. The predicted octanol–water partition coefficient (Wildman–Crippen LogP) is 13.5. The van der Waals surface area contributed by atoms with E-state index in [-0.39, 0.29) is 5.41 Å². The Bertz CT molecular complexity index is 2850. The highest BCUT2D eigenvalue weighted by atomic mass is 32.2. The van der Waals surface area contributed by atoms with Gasteiger partial charge in [-0.25, -0.2) is 0 Å². The monoisotopic (exact) mass is 779 g/mol. The molecule has 2 heterocycles. The Balaban J connectivity index is 1.21. The Hall–Kier alpha value is -6.43.